The van der Waals surface area contributed by atoms with Gasteiger partial charge < -0.3 is 15.2 Å². The monoisotopic (exact) mass is 390 g/mol. The van der Waals surface area contributed by atoms with Gasteiger partial charge in [-0.15, -0.1) is 0 Å². The van der Waals surface area contributed by atoms with Gasteiger partial charge in [-0.3, -0.25) is 19.4 Å². The van der Waals surface area contributed by atoms with Crippen molar-refractivity contribution < 1.29 is 14.3 Å². The lowest BCUT2D eigenvalue weighted by atomic mass is 10.1. The van der Waals surface area contributed by atoms with Crippen molar-refractivity contribution in [1.82, 2.24) is 9.78 Å². The molecule has 3 N–H and O–H groups in total. The van der Waals surface area contributed by atoms with Crippen LogP contribution in [0.3, 0.4) is 0 Å². The van der Waals surface area contributed by atoms with Gasteiger partial charge in [0.2, 0.25) is 0 Å². The molecule has 27 heavy (non-hydrogen) atoms. The predicted molar refractivity (Wildman–Crippen MR) is 105 cm³/mol. The Hall–Kier alpha value is -2.68. The number of carbonyl (C=O) groups is 1. The summed E-state index contributed by atoms with van der Waals surface area (Å²) < 4.78 is 12.5. The molecule has 0 fully saturated rings. The third kappa shape index (κ3) is 3.73. The van der Waals surface area contributed by atoms with Crippen LogP contribution in [0.4, 0.5) is 5.82 Å². The number of aliphatic imine (C=N–C) groups is 1. The summed E-state index contributed by atoms with van der Waals surface area (Å²) in [4.78, 5) is 28.3. The molecule has 0 radical (unpaired) electrons. The number of nitrogens with two attached hydrogens (primary N) is 1. The number of thioether (sulfide) groups is 1. The highest BCUT2D eigenvalue weighted by Crippen LogP contribution is 2.45. The largest absolute Gasteiger partial charge is 0.493 e. The topological polar surface area (TPSA) is 112 Å². The van der Waals surface area contributed by atoms with Crippen LogP contribution in [0.2, 0.25) is 0 Å². The minimum absolute atomic E-state index is 0.0760. The zero-order chi connectivity index (χ0) is 19.7. The summed E-state index contributed by atoms with van der Waals surface area (Å²) in [5.41, 5.74) is 6.46. The first-order valence-corrected chi connectivity index (χ1v) is 9.35. The van der Waals surface area contributed by atoms with E-state index in [9.17, 15) is 9.59 Å². The molecule has 1 aliphatic rings. The van der Waals surface area contributed by atoms with E-state index in [0.717, 1.165) is 10.6 Å². The fraction of sp³-hybridized carbons (Fsp3) is 0.389. The summed E-state index contributed by atoms with van der Waals surface area (Å²) in [6.07, 6.45) is 0. The number of hydrogen-bond acceptors (Lipinski definition) is 6. The van der Waals surface area contributed by atoms with E-state index >= 15 is 0 Å². The van der Waals surface area contributed by atoms with Crippen molar-refractivity contribution >= 4 is 28.5 Å². The van der Waals surface area contributed by atoms with Gasteiger partial charge >= 0.3 is 0 Å². The molecule has 0 aliphatic carbocycles. The number of aromatic amines is 1. The van der Waals surface area contributed by atoms with Gasteiger partial charge in [0.25, 0.3) is 11.5 Å². The first kappa shape index (κ1) is 19.1. The van der Waals surface area contributed by atoms with Crippen molar-refractivity contribution in [3.8, 4) is 11.5 Å². The van der Waals surface area contributed by atoms with E-state index in [1.165, 1.54) is 18.9 Å². The van der Waals surface area contributed by atoms with Crippen molar-refractivity contribution in [2.45, 2.75) is 32.1 Å². The first-order chi connectivity index (χ1) is 12.8. The van der Waals surface area contributed by atoms with E-state index in [-0.39, 0.29) is 23.5 Å². The van der Waals surface area contributed by atoms with Crippen molar-refractivity contribution in [1.29, 1.82) is 0 Å². The molecule has 1 aliphatic heterocycles. The van der Waals surface area contributed by atoms with Crippen LogP contribution in [0.25, 0.3) is 0 Å². The fourth-order valence-electron chi connectivity index (χ4n) is 2.94. The van der Waals surface area contributed by atoms with Crippen LogP contribution >= 0.6 is 11.8 Å². The van der Waals surface area contributed by atoms with E-state index in [1.807, 2.05) is 26.8 Å². The molecule has 144 valence electrons. The third-order valence-electron chi connectivity index (χ3n) is 4.13. The number of aromatic nitrogens is 2. The predicted octanol–water partition coefficient (Wildman–Crippen LogP) is 2.52. The average Bonchev–Trinajstić information content (AvgIpc) is 2.95. The fourth-order valence-corrected chi connectivity index (χ4v) is 4.03. The summed E-state index contributed by atoms with van der Waals surface area (Å²) in [6, 6.07) is 5.48. The Morgan fingerprint density at radius 2 is 2.15 bits per heavy atom. The van der Waals surface area contributed by atoms with Crippen molar-refractivity contribution in [3.63, 3.8) is 0 Å². The highest BCUT2D eigenvalue weighted by atomic mass is 32.2. The van der Waals surface area contributed by atoms with Crippen LogP contribution in [0, 0.1) is 0 Å². The number of primary amides is 1. The Bertz CT molecular complexity index is 961. The van der Waals surface area contributed by atoms with E-state index in [2.05, 4.69) is 10.1 Å². The number of fused-ring (bicyclic) bond motifs is 1. The normalized spacial score (nSPS) is 16.0. The lowest BCUT2D eigenvalue weighted by Gasteiger charge is -2.22. The van der Waals surface area contributed by atoms with Gasteiger partial charge in [0.05, 0.1) is 23.0 Å². The number of nitrogens with zero attached hydrogens (tertiary/aromatic N) is 2. The number of nitrogens with one attached hydrogen (secondary N) is 1. The standard InChI is InChI=1S/C18H22N4O4S/c1-9(2)22-17-15(18(24)21-22)16(27-10(3)20-17)11-5-6-12(25-4)13(7-11)26-8-14(19)23/h5-7,9,16H,8H2,1-4H3,(H2,19,23)(H,21,24). The second-order valence-electron chi connectivity index (χ2n) is 6.44. The van der Waals surface area contributed by atoms with E-state index in [4.69, 9.17) is 15.2 Å². The van der Waals surface area contributed by atoms with Crippen LogP contribution in [0.1, 0.15) is 43.2 Å². The molecule has 9 heteroatoms. The summed E-state index contributed by atoms with van der Waals surface area (Å²) in [7, 11) is 1.52. The van der Waals surface area contributed by atoms with Gasteiger partial charge in [-0.2, -0.15) is 0 Å². The second kappa shape index (κ2) is 7.51. The Balaban J connectivity index is 2.08. The molecule has 1 aromatic carbocycles. The minimum atomic E-state index is -0.579. The molecule has 1 amide bonds. The van der Waals surface area contributed by atoms with Crippen LogP contribution in [-0.4, -0.2) is 34.4 Å². The van der Waals surface area contributed by atoms with Crippen LogP contribution in [-0.2, 0) is 4.79 Å². The molecular formula is C18H22N4O4S. The van der Waals surface area contributed by atoms with Gasteiger partial charge in [-0.25, -0.2) is 4.99 Å². The van der Waals surface area contributed by atoms with Gasteiger partial charge in [-0.1, -0.05) is 17.8 Å². The average molecular weight is 390 g/mol. The number of hydrogen-bond donors (Lipinski definition) is 2. The first-order valence-electron chi connectivity index (χ1n) is 8.47. The summed E-state index contributed by atoms with van der Waals surface area (Å²) in [6.45, 7) is 5.63. The smallest absolute Gasteiger partial charge is 0.271 e. The minimum Gasteiger partial charge on any atom is -0.493 e. The van der Waals surface area contributed by atoms with Gasteiger partial charge in [0.15, 0.2) is 23.9 Å². The van der Waals surface area contributed by atoms with Crippen molar-refractivity contribution in [2.75, 3.05) is 13.7 Å². The second-order valence-corrected chi connectivity index (χ2v) is 7.73. The van der Waals surface area contributed by atoms with Gasteiger partial charge in [0.1, 0.15) is 0 Å². The summed E-state index contributed by atoms with van der Waals surface area (Å²) in [5.74, 6) is 0.952. The maximum absolute atomic E-state index is 12.6. The molecule has 0 spiro atoms. The zero-order valence-corrected chi connectivity index (χ0v) is 16.4. The highest BCUT2D eigenvalue weighted by Gasteiger charge is 2.31. The Morgan fingerprint density at radius 3 is 2.78 bits per heavy atom. The number of H-pyrrole nitrogens is 1. The molecule has 8 nitrogen and oxygen atoms in total. The number of rotatable bonds is 6. The van der Waals surface area contributed by atoms with Crippen LogP contribution in [0.5, 0.6) is 11.5 Å². The molecule has 0 saturated heterocycles. The van der Waals surface area contributed by atoms with Crippen molar-refractivity contribution in [2.24, 2.45) is 10.7 Å². The summed E-state index contributed by atoms with van der Waals surface area (Å²) >= 11 is 1.50. The SMILES string of the molecule is COc1ccc(C2SC(C)=Nc3c2c(=O)[nH]n3C(C)C)cc1OCC(N)=O. The molecule has 0 saturated carbocycles. The molecule has 3 rings (SSSR count). The lowest BCUT2D eigenvalue weighted by Crippen LogP contribution is -2.20. The molecule has 1 unspecified atom stereocenters. The lowest BCUT2D eigenvalue weighted by molar-refractivity contribution is -0.119. The Morgan fingerprint density at radius 1 is 1.41 bits per heavy atom. The van der Waals surface area contributed by atoms with Gasteiger partial charge in [0, 0.05) is 6.04 Å². The quantitative estimate of drug-likeness (QED) is 0.787. The number of amides is 1. The molecule has 1 aromatic heterocycles. The number of ether oxygens (including phenoxy) is 2. The van der Waals surface area contributed by atoms with Crippen LogP contribution < -0.4 is 20.8 Å². The van der Waals surface area contributed by atoms with E-state index in [0.29, 0.717) is 22.9 Å². The van der Waals surface area contributed by atoms with Gasteiger partial charge in [-0.05, 0) is 38.5 Å². The van der Waals surface area contributed by atoms with Crippen LogP contribution in [0.15, 0.2) is 28.0 Å². The van der Waals surface area contributed by atoms with Crippen molar-refractivity contribution in [3.05, 3.63) is 39.7 Å². The van der Waals surface area contributed by atoms with E-state index in [1.54, 1.807) is 16.8 Å². The summed E-state index contributed by atoms with van der Waals surface area (Å²) in [5, 5.41) is 3.49. The number of benzene rings is 1. The molecular weight excluding hydrogens is 368 g/mol. The number of methoxy groups -OCH3 is 1. The van der Waals surface area contributed by atoms with E-state index < -0.39 is 5.91 Å². The zero-order valence-electron chi connectivity index (χ0n) is 15.6. The third-order valence-corrected chi connectivity index (χ3v) is 5.30. The number of carbonyl (C=O) groups excluding carboxylic acids is 1. The highest BCUT2D eigenvalue weighted by molar-refractivity contribution is 8.14. The Kier molecular flexibility index (Phi) is 5.31. The maximum atomic E-state index is 12.6. The molecule has 0 bridgehead atoms. The Labute approximate surface area is 160 Å². The molecule has 2 aromatic rings. The molecule has 1 atom stereocenters. The molecule has 2 heterocycles. The maximum Gasteiger partial charge on any atom is 0.271 e.